The first-order chi connectivity index (χ1) is 9.52. The molecule has 1 aromatic heterocycles. The van der Waals surface area contributed by atoms with Crippen LogP contribution in [-0.4, -0.2) is 32.4 Å². The molecule has 1 aromatic carbocycles. The van der Waals surface area contributed by atoms with Crippen molar-refractivity contribution in [2.45, 2.75) is 12.8 Å². The minimum Gasteiger partial charge on any atom is -0.478 e. The van der Waals surface area contributed by atoms with Crippen LogP contribution >= 0.6 is 11.6 Å². The van der Waals surface area contributed by atoms with E-state index < -0.39 is 5.97 Å². The van der Waals surface area contributed by atoms with Crippen molar-refractivity contribution in [2.24, 2.45) is 7.05 Å². The number of carbonyl (C=O) groups is 2. The third kappa shape index (κ3) is 2.91. The van der Waals surface area contributed by atoms with Crippen LogP contribution in [0.1, 0.15) is 23.2 Å². The molecule has 1 amide bonds. The Hall–Kier alpha value is -2.08. The van der Waals surface area contributed by atoms with Gasteiger partial charge in [-0.1, -0.05) is 0 Å². The molecular weight excluding hydrogens is 282 g/mol. The van der Waals surface area contributed by atoms with Gasteiger partial charge in [-0.2, -0.15) is 0 Å². The predicted molar refractivity (Wildman–Crippen MR) is 76.3 cm³/mol. The molecule has 0 spiro atoms. The summed E-state index contributed by atoms with van der Waals surface area (Å²) in [6.45, 7) is 0. The maximum absolute atomic E-state index is 11.7. The number of imidazole rings is 1. The van der Waals surface area contributed by atoms with E-state index in [1.807, 2.05) is 0 Å². The number of rotatable bonds is 5. The molecule has 0 aliphatic carbocycles. The van der Waals surface area contributed by atoms with Crippen LogP contribution in [0.5, 0.6) is 0 Å². The molecule has 0 atom stereocenters. The number of aromatic nitrogens is 2. The van der Waals surface area contributed by atoms with Crippen molar-refractivity contribution >= 4 is 40.2 Å². The molecule has 2 N–H and O–H groups in total. The summed E-state index contributed by atoms with van der Waals surface area (Å²) in [5.74, 6) is -0.847. The summed E-state index contributed by atoms with van der Waals surface area (Å²) in [6.07, 6.45) is 2.41. The maximum Gasteiger partial charge on any atom is 0.337 e. The summed E-state index contributed by atoms with van der Waals surface area (Å²) >= 11 is 5.53. The Morgan fingerprint density at radius 3 is 2.85 bits per heavy atom. The second-order valence-electron chi connectivity index (χ2n) is 4.39. The molecule has 0 radical (unpaired) electrons. The van der Waals surface area contributed by atoms with Gasteiger partial charge in [0.2, 0.25) is 5.91 Å². The zero-order valence-corrected chi connectivity index (χ0v) is 11.6. The number of carboxylic acid groups (broad SMARTS) is 1. The number of aryl methyl sites for hydroxylation is 1. The Morgan fingerprint density at radius 2 is 2.20 bits per heavy atom. The minimum atomic E-state index is -1.06. The normalized spacial score (nSPS) is 10.7. The highest BCUT2D eigenvalue weighted by Crippen LogP contribution is 2.23. The second-order valence-corrected chi connectivity index (χ2v) is 4.77. The molecular formula is C13H14ClN3O3. The number of benzene rings is 1. The number of nitrogens with one attached hydrogen (secondary N) is 1. The maximum atomic E-state index is 11.7. The van der Waals surface area contributed by atoms with Gasteiger partial charge in [0, 0.05) is 25.0 Å². The smallest absolute Gasteiger partial charge is 0.337 e. The van der Waals surface area contributed by atoms with Gasteiger partial charge in [-0.05, 0) is 18.6 Å². The van der Waals surface area contributed by atoms with Gasteiger partial charge < -0.3 is 15.0 Å². The molecule has 0 bridgehead atoms. The van der Waals surface area contributed by atoms with Crippen LogP contribution in [0.25, 0.3) is 11.0 Å². The Bertz CT molecular complexity index is 666. The van der Waals surface area contributed by atoms with Gasteiger partial charge in [0.15, 0.2) is 0 Å². The number of carboxylic acids is 1. The Kier molecular flexibility index (Phi) is 4.24. The van der Waals surface area contributed by atoms with E-state index in [1.54, 1.807) is 17.7 Å². The van der Waals surface area contributed by atoms with Crippen LogP contribution in [0.2, 0.25) is 0 Å². The van der Waals surface area contributed by atoms with E-state index in [1.165, 1.54) is 12.4 Å². The summed E-state index contributed by atoms with van der Waals surface area (Å²) in [7, 11) is 1.72. The number of halogens is 1. The molecule has 106 valence electrons. The summed E-state index contributed by atoms with van der Waals surface area (Å²) in [5, 5.41) is 11.9. The molecule has 6 nitrogen and oxygen atoms in total. The lowest BCUT2D eigenvalue weighted by molar-refractivity contribution is -0.116. The Morgan fingerprint density at radius 1 is 1.45 bits per heavy atom. The number of hydrogen-bond donors (Lipinski definition) is 2. The number of amides is 1. The minimum absolute atomic E-state index is 0.107. The van der Waals surface area contributed by atoms with Crippen molar-refractivity contribution in [2.75, 3.05) is 11.2 Å². The van der Waals surface area contributed by atoms with E-state index in [9.17, 15) is 14.7 Å². The predicted octanol–water partition coefficient (Wildman–Crippen LogP) is 2.23. The average Bonchev–Trinajstić information content (AvgIpc) is 2.77. The van der Waals surface area contributed by atoms with Gasteiger partial charge in [-0.3, -0.25) is 4.79 Å². The third-order valence-electron chi connectivity index (χ3n) is 2.86. The average molecular weight is 296 g/mol. The van der Waals surface area contributed by atoms with Gasteiger partial charge in [0.25, 0.3) is 0 Å². The molecule has 0 saturated heterocycles. The summed E-state index contributed by atoms with van der Waals surface area (Å²) < 4.78 is 1.64. The van der Waals surface area contributed by atoms with Crippen LogP contribution in [0, 0.1) is 0 Å². The molecule has 7 heteroatoms. The van der Waals surface area contributed by atoms with Gasteiger partial charge in [0.1, 0.15) is 0 Å². The van der Waals surface area contributed by atoms with E-state index >= 15 is 0 Å². The first kappa shape index (κ1) is 14.3. The van der Waals surface area contributed by atoms with Crippen LogP contribution < -0.4 is 5.32 Å². The lowest BCUT2D eigenvalue weighted by atomic mass is 10.1. The summed E-state index contributed by atoms with van der Waals surface area (Å²) in [6, 6.07) is 3.09. The highest BCUT2D eigenvalue weighted by Gasteiger charge is 2.15. The van der Waals surface area contributed by atoms with E-state index in [-0.39, 0.29) is 11.5 Å². The quantitative estimate of drug-likeness (QED) is 0.829. The van der Waals surface area contributed by atoms with E-state index in [0.717, 1.165) is 0 Å². The van der Waals surface area contributed by atoms with Crippen LogP contribution in [0.15, 0.2) is 18.5 Å². The van der Waals surface area contributed by atoms with Gasteiger partial charge in [-0.25, -0.2) is 9.78 Å². The monoisotopic (exact) mass is 295 g/mol. The van der Waals surface area contributed by atoms with Gasteiger partial charge in [-0.15, -0.1) is 11.6 Å². The molecule has 2 rings (SSSR count). The highest BCUT2D eigenvalue weighted by molar-refractivity contribution is 6.18. The molecule has 0 aliphatic rings. The number of hydrogen-bond acceptors (Lipinski definition) is 3. The first-order valence-electron chi connectivity index (χ1n) is 6.07. The fraction of sp³-hybridized carbons (Fsp3) is 0.308. The zero-order chi connectivity index (χ0) is 14.7. The zero-order valence-electron chi connectivity index (χ0n) is 10.9. The van der Waals surface area contributed by atoms with Gasteiger partial charge >= 0.3 is 5.97 Å². The van der Waals surface area contributed by atoms with E-state index in [0.29, 0.717) is 35.4 Å². The number of alkyl halides is 1. The van der Waals surface area contributed by atoms with Crippen molar-refractivity contribution in [3.63, 3.8) is 0 Å². The third-order valence-corrected chi connectivity index (χ3v) is 3.13. The molecule has 0 fully saturated rings. The summed E-state index contributed by atoms with van der Waals surface area (Å²) in [4.78, 5) is 27.1. The lowest BCUT2D eigenvalue weighted by Crippen LogP contribution is -2.12. The Balaban J connectivity index is 2.36. The number of anilines is 1. The Labute approximate surface area is 120 Å². The van der Waals surface area contributed by atoms with Crippen molar-refractivity contribution in [1.29, 1.82) is 0 Å². The molecule has 0 saturated carbocycles. The fourth-order valence-corrected chi connectivity index (χ4v) is 2.11. The first-order valence-corrected chi connectivity index (χ1v) is 6.60. The SMILES string of the molecule is Cn1cnc2cc(NC(=O)CCCCl)cc(C(=O)O)c21. The van der Waals surface area contributed by atoms with E-state index in [4.69, 9.17) is 11.6 Å². The number of nitrogens with zero attached hydrogens (tertiary/aromatic N) is 2. The number of carbonyl (C=O) groups excluding carboxylic acids is 1. The largest absolute Gasteiger partial charge is 0.478 e. The van der Waals surface area contributed by atoms with E-state index in [2.05, 4.69) is 10.3 Å². The van der Waals surface area contributed by atoms with Crippen molar-refractivity contribution < 1.29 is 14.7 Å². The van der Waals surface area contributed by atoms with Crippen molar-refractivity contribution in [3.05, 3.63) is 24.0 Å². The molecule has 1 heterocycles. The van der Waals surface area contributed by atoms with Gasteiger partial charge in [0.05, 0.1) is 22.9 Å². The van der Waals surface area contributed by atoms with Crippen LogP contribution in [0.4, 0.5) is 5.69 Å². The molecule has 0 aliphatic heterocycles. The topological polar surface area (TPSA) is 84.2 Å². The van der Waals surface area contributed by atoms with Crippen LogP contribution in [-0.2, 0) is 11.8 Å². The standard InChI is InChI=1S/C13H14ClN3O3/c1-17-7-15-10-6-8(16-11(18)3-2-4-14)5-9(12(10)17)13(19)20/h5-7H,2-4H2,1H3,(H,16,18)(H,19,20). The fourth-order valence-electron chi connectivity index (χ4n) is 1.98. The number of aromatic carboxylic acids is 1. The van der Waals surface area contributed by atoms with Crippen LogP contribution in [0.3, 0.4) is 0 Å². The summed E-state index contributed by atoms with van der Waals surface area (Å²) in [5.41, 5.74) is 1.58. The second kappa shape index (κ2) is 5.92. The van der Waals surface area contributed by atoms with Crippen molar-refractivity contribution in [3.8, 4) is 0 Å². The number of fused-ring (bicyclic) bond motifs is 1. The molecule has 0 unspecified atom stereocenters. The molecule has 20 heavy (non-hydrogen) atoms. The lowest BCUT2D eigenvalue weighted by Gasteiger charge is -2.07. The van der Waals surface area contributed by atoms with Crippen molar-refractivity contribution in [1.82, 2.24) is 9.55 Å². The molecule has 2 aromatic rings. The highest BCUT2D eigenvalue weighted by atomic mass is 35.5.